The second kappa shape index (κ2) is 40.5. The number of pyridine rings is 4. The van der Waals surface area contributed by atoms with E-state index in [4.69, 9.17) is 78.9 Å². The first kappa shape index (κ1) is 101. The molecular weight excluding hydrogens is 1940 g/mol. The van der Waals surface area contributed by atoms with E-state index in [1.807, 2.05) is 85.6 Å². The van der Waals surface area contributed by atoms with Crippen molar-refractivity contribution in [3.05, 3.63) is 254 Å². The maximum atomic E-state index is 13.3. The fraction of sp³-hybridized carbons (Fsp3) is 0.265. The first-order valence-electron chi connectivity index (χ1n) is 38.0. The van der Waals surface area contributed by atoms with Crippen LogP contribution in [0.4, 0.5) is 52.7 Å². The number of hydrogen-bond donors (Lipinski definition) is 1. The van der Waals surface area contributed by atoms with Crippen LogP contribution in [-0.2, 0) is 56.6 Å². The predicted octanol–water partition coefficient (Wildman–Crippen LogP) is 21.9. The third kappa shape index (κ3) is 22.5. The summed E-state index contributed by atoms with van der Waals surface area (Å²) < 4.78 is 196. The van der Waals surface area contributed by atoms with E-state index in [0.717, 1.165) is 64.1 Å². The first-order valence-corrected chi connectivity index (χ1v) is 41.5. The monoisotopic (exact) mass is 2010 g/mol. The van der Waals surface area contributed by atoms with Crippen LogP contribution in [0.15, 0.2) is 205 Å². The molecule has 11 aromatic heterocycles. The van der Waals surface area contributed by atoms with Crippen molar-refractivity contribution < 1.29 is 80.9 Å². The van der Waals surface area contributed by atoms with Gasteiger partial charge in [0.15, 0.2) is 0 Å². The van der Waals surface area contributed by atoms with E-state index in [9.17, 15) is 71.9 Å². The zero-order valence-corrected chi connectivity index (χ0v) is 76.2. The Balaban J connectivity index is 0.000000170. The number of rotatable bonds is 15. The van der Waals surface area contributed by atoms with Gasteiger partial charge in [-0.15, -0.1) is 52.7 Å². The number of aromatic nitrogens is 14. The number of halogens is 19. The summed E-state index contributed by atoms with van der Waals surface area (Å²) in [6.07, 6.45) is -0.310. The normalized spacial score (nSPS) is 13.0. The molecule has 0 atom stereocenters. The Hall–Kier alpha value is -10.8. The molecule has 1 aliphatic rings. The van der Waals surface area contributed by atoms with Crippen LogP contribution in [0.3, 0.4) is 0 Å². The van der Waals surface area contributed by atoms with Gasteiger partial charge < -0.3 is 46.5 Å². The molecule has 687 valence electrons. The summed E-state index contributed by atoms with van der Waals surface area (Å²) in [5.41, 5.74) is 5.82. The minimum atomic E-state index is -4.81. The fourth-order valence-corrected chi connectivity index (χ4v) is 16.0. The number of hydrogen-bond acceptors (Lipinski definition) is 15. The van der Waals surface area contributed by atoms with Crippen LogP contribution in [0.25, 0.3) is 88.6 Å². The zero-order chi connectivity index (χ0) is 94.8. The Morgan fingerprint density at radius 1 is 0.438 bits per heavy atom. The van der Waals surface area contributed by atoms with Crippen LogP contribution in [0, 0.1) is 0 Å². The van der Waals surface area contributed by atoms with Crippen molar-refractivity contribution in [2.24, 2.45) is 25.4 Å². The Labute approximate surface area is 776 Å². The summed E-state index contributed by atoms with van der Waals surface area (Å²) >= 11 is 44.2. The molecule has 1 saturated heterocycles. The van der Waals surface area contributed by atoms with Crippen molar-refractivity contribution >= 4 is 162 Å². The molecule has 4 aromatic carbocycles. The standard InChI is InChI=1S/C20H15Cl2F3N4O2.C20H17F3N4O2.C16H10BrCl2F3N2O2.C16H11Cl2F3N2O2.C10H17BN2O2.CH4.BHNS/c1-3-28-17-14(11-8-26-27(2)9-11)10-29(19(30)15(17)16(21)18(28)22)12-4-6-13(7-5-12)31-20(23,24)25;1-3-26-9-8-16-18(26)17(13-10-24-25(2)11-13)12-27(19(16)28)14-4-6-15(7-5-14)29-20(21,22)23;1-2-23-13-10(17)7-24(15(25)11(13)12(18)14(23)19)8-3-5-9(6-4-8)26-16(20,21)22;1-2-22-11-7-8-23(15(24)12(11)13(17)14(22)18)9-3-5-10(6-4-9)25-16(19,20)21;1-9(2)10(3,4)15-11(14-9)8-6-12-13(5)7-8;;1-2-3/h4-10H,3H2,1-2H3;4-12H,3H2,1-2H3;3-7H,2H2,1H3;3-8H,2H2,1H3;6-7H,1-5H3;1H4;3H. The van der Waals surface area contributed by atoms with Gasteiger partial charge in [-0.05, 0) is 181 Å². The van der Waals surface area contributed by atoms with E-state index in [2.05, 4.69) is 74.9 Å². The Bertz CT molecular complexity index is 6870. The van der Waals surface area contributed by atoms with Crippen molar-refractivity contribution in [1.29, 1.82) is 0 Å². The summed E-state index contributed by atoms with van der Waals surface area (Å²) in [6.45, 7) is 18.0. The summed E-state index contributed by atoms with van der Waals surface area (Å²) in [6, 6.07) is 23.5. The van der Waals surface area contributed by atoms with Crippen molar-refractivity contribution in [3.63, 3.8) is 0 Å². The third-order valence-electron chi connectivity index (χ3n) is 20.0. The van der Waals surface area contributed by atoms with Gasteiger partial charge in [0, 0.05) is 154 Å². The van der Waals surface area contributed by atoms with Crippen LogP contribution in [-0.4, -0.2) is 117 Å². The molecule has 25 nitrogen and oxygen atoms in total. The molecule has 1 fully saturated rings. The first-order chi connectivity index (χ1) is 60.5. The van der Waals surface area contributed by atoms with Crippen LogP contribution >= 0.6 is 98.4 Å². The SMILES string of the molecule is C.CCn1c(Cl)c(Cl)c2c(=O)n(-c3ccc(OC(F)(F)F)cc3)cc(-c3cnn(C)c3)c21.CCn1c(Cl)c(Cl)c2c(=O)n(-c3ccc(OC(F)(F)F)cc3)cc(Br)c21.CCn1c(Cl)c(Cl)c2c(=O)n(-c3ccc(OC(F)(F)F)cc3)ccc21.CCn1ccc2c(=O)n(-c3ccc(OC(F)(F)F)cc3)cc(-c3cnn(C)c3)c21.Cn1cc(B2OC(C)(C)C(C)(C)O2)cn1.[B]=NS. The van der Waals surface area contributed by atoms with Crippen molar-refractivity contribution in [2.75, 3.05) is 0 Å². The average molecular weight is 2020 g/mol. The molecule has 15 aromatic rings. The van der Waals surface area contributed by atoms with E-state index in [0.29, 0.717) is 80.9 Å². The molecule has 12 heterocycles. The molecule has 47 heteroatoms. The second-order valence-electron chi connectivity index (χ2n) is 28.8. The van der Waals surface area contributed by atoms with Gasteiger partial charge in [-0.25, -0.2) is 0 Å². The van der Waals surface area contributed by atoms with Gasteiger partial charge in [0.1, 0.15) is 38.5 Å². The molecule has 0 N–H and O–H groups in total. The summed E-state index contributed by atoms with van der Waals surface area (Å²) in [7, 11) is 9.48. The molecule has 0 amide bonds. The number of aryl methyl sites for hydroxylation is 7. The number of ether oxygens (including phenoxy) is 4. The van der Waals surface area contributed by atoms with Crippen molar-refractivity contribution in [3.8, 4) is 68.0 Å². The summed E-state index contributed by atoms with van der Waals surface area (Å²) in [5.74, 6) is -1.49. The molecule has 0 bridgehead atoms. The molecular formula is C83H75B2BrCl6F12N15O10S. The fourth-order valence-electron chi connectivity index (χ4n) is 13.6. The van der Waals surface area contributed by atoms with Crippen LogP contribution in [0.2, 0.25) is 30.5 Å². The second-order valence-corrected chi connectivity index (χ2v) is 32.1. The molecule has 16 rings (SSSR count). The van der Waals surface area contributed by atoms with Crippen LogP contribution in [0.5, 0.6) is 23.0 Å². The molecule has 0 aliphatic carbocycles. The molecule has 1 aliphatic heterocycles. The molecule has 1 radical (unpaired) electrons. The zero-order valence-electron chi connectivity index (χ0n) is 69.1. The number of alkyl halides is 12. The van der Waals surface area contributed by atoms with E-state index in [1.54, 1.807) is 91.2 Å². The van der Waals surface area contributed by atoms with E-state index in [1.165, 1.54) is 91.3 Å². The number of thiol groups is 1. The maximum absolute atomic E-state index is 13.3. The minimum absolute atomic E-state index is 0. The van der Waals surface area contributed by atoms with Gasteiger partial charge in [-0.3, -0.25) is 51.5 Å². The third-order valence-corrected chi connectivity index (χ3v) is 23.2. The van der Waals surface area contributed by atoms with Gasteiger partial charge >= 0.3 is 57.3 Å². The number of fused-ring (bicyclic) bond motifs is 4. The number of nitrogens with zero attached hydrogens (tertiary/aromatic N) is 15. The molecule has 130 heavy (non-hydrogen) atoms. The van der Waals surface area contributed by atoms with Crippen molar-refractivity contribution in [2.45, 2.75) is 126 Å². The molecule has 0 spiro atoms. The Morgan fingerprint density at radius 2 is 0.769 bits per heavy atom. The van der Waals surface area contributed by atoms with Gasteiger partial charge in [0.2, 0.25) is 0 Å². The average Bonchev–Trinajstić information content (AvgIpc) is 1.57. The summed E-state index contributed by atoms with van der Waals surface area (Å²) in [5, 5.41) is 14.8. The topological polar surface area (TPSA) is 229 Å². The Morgan fingerprint density at radius 3 is 1.13 bits per heavy atom. The quantitative estimate of drug-likeness (QED) is 0.0573. The van der Waals surface area contributed by atoms with Gasteiger partial charge in [-0.2, -0.15) is 15.3 Å². The van der Waals surface area contributed by atoms with E-state index >= 15 is 0 Å². The number of benzene rings is 4. The van der Waals surface area contributed by atoms with E-state index in [-0.39, 0.29) is 95.2 Å². The van der Waals surface area contributed by atoms with Crippen LogP contribution in [0.1, 0.15) is 62.8 Å². The van der Waals surface area contributed by atoms with Gasteiger partial charge in [-0.1, -0.05) is 77.0 Å². The predicted molar refractivity (Wildman–Crippen MR) is 485 cm³/mol. The summed E-state index contributed by atoms with van der Waals surface area (Å²) in [4.78, 5) is 52.0. The molecule has 0 saturated carbocycles. The van der Waals surface area contributed by atoms with Crippen molar-refractivity contribution in [1.82, 2.24) is 65.9 Å². The van der Waals surface area contributed by atoms with Crippen LogP contribution < -0.4 is 46.6 Å². The van der Waals surface area contributed by atoms with Gasteiger partial charge in [0.05, 0.1) is 86.7 Å². The molecule has 0 unspecified atom stereocenters. The van der Waals surface area contributed by atoms with Gasteiger partial charge in [0.25, 0.3) is 22.2 Å². The van der Waals surface area contributed by atoms with E-state index < -0.39 is 47.9 Å². The Kier molecular flexibility index (Phi) is 31.6.